The van der Waals surface area contributed by atoms with Crippen molar-refractivity contribution in [3.05, 3.63) is 0 Å². The van der Waals surface area contributed by atoms with Crippen LogP contribution in [0.1, 0.15) is 46.0 Å². The summed E-state index contributed by atoms with van der Waals surface area (Å²) in [5.74, 6) is 0.953. The molecule has 1 aliphatic heterocycles. The van der Waals surface area contributed by atoms with Gasteiger partial charge in [-0.2, -0.15) is 0 Å². The lowest BCUT2D eigenvalue weighted by atomic mass is 9.96. The van der Waals surface area contributed by atoms with Gasteiger partial charge in [-0.1, -0.05) is 19.3 Å². The third-order valence-corrected chi connectivity index (χ3v) is 4.72. The maximum Gasteiger partial charge on any atom is 0.191 e. The molecule has 2 rings (SSSR count). The van der Waals surface area contributed by atoms with E-state index >= 15 is 0 Å². The summed E-state index contributed by atoms with van der Waals surface area (Å²) in [6, 6.07) is 1.60. The van der Waals surface area contributed by atoms with E-state index in [0.29, 0.717) is 18.1 Å². The number of hydrogen-bond acceptors (Lipinski definition) is 3. The quantitative estimate of drug-likeness (QED) is 0.611. The van der Waals surface area contributed by atoms with E-state index in [4.69, 9.17) is 4.74 Å². The number of nitrogens with one attached hydrogen (secondary N) is 2. The Morgan fingerprint density at radius 1 is 1.33 bits per heavy atom. The minimum atomic E-state index is 0.494. The van der Waals surface area contributed by atoms with Gasteiger partial charge in [-0.25, -0.2) is 0 Å². The first-order valence-corrected chi connectivity index (χ1v) is 8.51. The van der Waals surface area contributed by atoms with Crippen molar-refractivity contribution in [3.63, 3.8) is 0 Å². The molecule has 0 aromatic heterocycles. The van der Waals surface area contributed by atoms with Crippen molar-refractivity contribution in [2.45, 2.75) is 64.1 Å². The monoisotopic (exact) mass is 296 g/mol. The molecule has 0 aromatic rings. The van der Waals surface area contributed by atoms with Gasteiger partial charge < -0.3 is 15.4 Å². The second-order valence-electron chi connectivity index (χ2n) is 6.44. The van der Waals surface area contributed by atoms with Gasteiger partial charge in [-0.15, -0.1) is 0 Å². The van der Waals surface area contributed by atoms with Crippen molar-refractivity contribution < 1.29 is 4.74 Å². The van der Waals surface area contributed by atoms with E-state index in [2.05, 4.69) is 34.4 Å². The molecule has 5 nitrogen and oxygen atoms in total. The van der Waals surface area contributed by atoms with Gasteiger partial charge in [0.05, 0.1) is 13.2 Å². The molecule has 122 valence electrons. The molecule has 5 heteroatoms. The maximum absolute atomic E-state index is 5.51. The maximum atomic E-state index is 5.51. The fourth-order valence-corrected chi connectivity index (χ4v) is 3.39. The van der Waals surface area contributed by atoms with Gasteiger partial charge in [0.25, 0.3) is 0 Å². The van der Waals surface area contributed by atoms with Crippen molar-refractivity contribution in [1.29, 1.82) is 0 Å². The van der Waals surface area contributed by atoms with Crippen molar-refractivity contribution in [2.75, 3.05) is 33.4 Å². The minimum absolute atomic E-state index is 0.494. The number of nitrogens with zero attached hydrogens (tertiary/aromatic N) is 2. The summed E-state index contributed by atoms with van der Waals surface area (Å²) in [5.41, 5.74) is 0. The van der Waals surface area contributed by atoms with Gasteiger partial charge in [0.2, 0.25) is 0 Å². The number of ether oxygens (including phenoxy) is 1. The molecule has 1 aliphatic carbocycles. The molecule has 1 saturated heterocycles. The zero-order chi connectivity index (χ0) is 15.1. The summed E-state index contributed by atoms with van der Waals surface area (Å²) < 4.78 is 5.51. The van der Waals surface area contributed by atoms with Gasteiger partial charge >= 0.3 is 0 Å². The molecule has 0 amide bonds. The number of hydrogen-bond donors (Lipinski definition) is 2. The second kappa shape index (κ2) is 8.59. The van der Waals surface area contributed by atoms with Crippen LogP contribution in [-0.4, -0.2) is 62.3 Å². The van der Waals surface area contributed by atoms with Crippen LogP contribution in [0.2, 0.25) is 0 Å². The summed E-state index contributed by atoms with van der Waals surface area (Å²) >= 11 is 0. The third kappa shape index (κ3) is 5.15. The lowest BCUT2D eigenvalue weighted by molar-refractivity contribution is -0.0174. The van der Waals surface area contributed by atoms with Crippen LogP contribution in [0.4, 0.5) is 0 Å². The molecule has 0 aromatic carbocycles. The van der Waals surface area contributed by atoms with E-state index in [0.717, 1.165) is 32.3 Å². The predicted molar refractivity (Wildman–Crippen MR) is 87.8 cm³/mol. The Balaban J connectivity index is 1.74. The van der Waals surface area contributed by atoms with Crippen molar-refractivity contribution in [3.8, 4) is 0 Å². The van der Waals surface area contributed by atoms with Crippen LogP contribution in [0.5, 0.6) is 0 Å². The Hall–Kier alpha value is -0.810. The normalized spacial score (nSPS) is 27.4. The molecule has 0 bridgehead atoms. The number of guanidine groups is 1. The summed E-state index contributed by atoms with van der Waals surface area (Å²) in [7, 11) is 1.86. The largest absolute Gasteiger partial charge is 0.379 e. The minimum Gasteiger partial charge on any atom is -0.379 e. The second-order valence-corrected chi connectivity index (χ2v) is 6.44. The molecule has 2 fully saturated rings. The molecule has 2 atom stereocenters. The van der Waals surface area contributed by atoms with Crippen LogP contribution in [0, 0.1) is 0 Å². The molecular formula is C16H32N4O. The molecule has 2 aliphatic rings. The fraction of sp³-hybridized carbons (Fsp3) is 0.938. The van der Waals surface area contributed by atoms with Gasteiger partial charge in [-0.05, 0) is 26.7 Å². The third-order valence-electron chi connectivity index (χ3n) is 4.72. The molecule has 0 radical (unpaired) electrons. The van der Waals surface area contributed by atoms with Crippen LogP contribution < -0.4 is 10.6 Å². The molecule has 2 unspecified atom stereocenters. The lowest BCUT2D eigenvalue weighted by Gasteiger charge is -2.38. The molecule has 1 heterocycles. The van der Waals surface area contributed by atoms with Crippen molar-refractivity contribution >= 4 is 5.96 Å². The highest BCUT2D eigenvalue weighted by Gasteiger charge is 2.23. The number of rotatable bonds is 4. The van der Waals surface area contributed by atoms with E-state index in [-0.39, 0.29) is 0 Å². The highest BCUT2D eigenvalue weighted by molar-refractivity contribution is 5.79. The highest BCUT2D eigenvalue weighted by atomic mass is 16.5. The van der Waals surface area contributed by atoms with Gasteiger partial charge in [-0.3, -0.25) is 9.89 Å². The average Bonchev–Trinajstić information content (AvgIpc) is 2.52. The Morgan fingerprint density at radius 3 is 2.76 bits per heavy atom. The molecular weight excluding hydrogens is 264 g/mol. The summed E-state index contributed by atoms with van der Waals surface area (Å²) in [6.07, 6.45) is 6.62. The van der Waals surface area contributed by atoms with Gasteiger partial charge in [0.15, 0.2) is 5.96 Å². The van der Waals surface area contributed by atoms with Crippen molar-refractivity contribution in [2.24, 2.45) is 4.99 Å². The molecule has 0 spiro atoms. The average molecular weight is 296 g/mol. The van der Waals surface area contributed by atoms with Crippen LogP contribution >= 0.6 is 0 Å². The van der Waals surface area contributed by atoms with Crippen LogP contribution in [0.15, 0.2) is 4.99 Å². The first-order chi connectivity index (χ1) is 10.2. The lowest BCUT2D eigenvalue weighted by Crippen LogP contribution is -2.53. The standard InChI is InChI=1S/C16H32N4O/c1-13(20-9-10-21-12-14(20)2)11-18-16(17-3)19-15-7-5-4-6-8-15/h13-15H,4-12H2,1-3H3,(H2,17,18,19). The van der Waals surface area contributed by atoms with Crippen LogP contribution in [-0.2, 0) is 4.74 Å². The van der Waals surface area contributed by atoms with Crippen LogP contribution in [0.25, 0.3) is 0 Å². The summed E-state index contributed by atoms with van der Waals surface area (Å²) in [6.45, 7) is 8.17. The fourth-order valence-electron chi connectivity index (χ4n) is 3.39. The van der Waals surface area contributed by atoms with Gasteiger partial charge in [0, 0.05) is 38.3 Å². The van der Waals surface area contributed by atoms with Crippen molar-refractivity contribution in [1.82, 2.24) is 15.5 Å². The summed E-state index contributed by atoms with van der Waals surface area (Å²) in [5, 5.41) is 7.06. The summed E-state index contributed by atoms with van der Waals surface area (Å²) in [4.78, 5) is 6.89. The zero-order valence-electron chi connectivity index (χ0n) is 13.9. The van der Waals surface area contributed by atoms with Crippen LogP contribution in [0.3, 0.4) is 0 Å². The molecule has 21 heavy (non-hydrogen) atoms. The first-order valence-electron chi connectivity index (χ1n) is 8.51. The SMILES string of the molecule is CN=C(NCC(C)N1CCOCC1C)NC1CCCCC1. The Bertz CT molecular complexity index is 328. The van der Waals surface area contributed by atoms with E-state index in [1.165, 1.54) is 32.1 Å². The number of morpholine rings is 1. The Kier molecular flexibility index (Phi) is 6.77. The Labute approximate surface area is 129 Å². The predicted octanol–water partition coefficient (Wildman–Crippen LogP) is 1.59. The van der Waals surface area contributed by atoms with E-state index in [9.17, 15) is 0 Å². The number of aliphatic imine (C=N–C) groups is 1. The molecule has 1 saturated carbocycles. The zero-order valence-corrected chi connectivity index (χ0v) is 13.9. The topological polar surface area (TPSA) is 48.9 Å². The highest BCUT2D eigenvalue weighted by Crippen LogP contribution is 2.17. The van der Waals surface area contributed by atoms with E-state index < -0.39 is 0 Å². The van der Waals surface area contributed by atoms with Gasteiger partial charge in [0.1, 0.15) is 0 Å². The van der Waals surface area contributed by atoms with E-state index in [1.807, 2.05) is 7.05 Å². The smallest absolute Gasteiger partial charge is 0.191 e. The van der Waals surface area contributed by atoms with E-state index in [1.54, 1.807) is 0 Å². The molecule has 2 N–H and O–H groups in total. The first kappa shape index (κ1) is 16.6. The Morgan fingerprint density at radius 2 is 2.10 bits per heavy atom.